The number of hydrogen-bond acceptors (Lipinski definition) is 2. The van der Waals surface area contributed by atoms with Crippen LogP contribution in [0.4, 0.5) is 0 Å². The van der Waals surface area contributed by atoms with E-state index in [1.165, 1.54) is 6.07 Å². The van der Waals surface area contributed by atoms with E-state index in [-0.39, 0.29) is 5.75 Å². The van der Waals surface area contributed by atoms with E-state index in [1.54, 1.807) is 31.2 Å². The number of hydrogen-bond donors (Lipinski definition) is 2. The molecule has 0 fully saturated rings. The molecule has 0 bridgehead atoms. The molecule has 0 aliphatic carbocycles. The van der Waals surface area contributed by atoms with Gasteiger partial charge < -0.3 is 10.2 Å². The summed E-state index contributed by atoms with van der Waals surface area (Å²) in [4.78, 5) is 10.7. The molecule has 0 heterocycles. The predicted molar refractivity (Wildman–Crippen MR) is 54.0 cm³/mol. The van der Waals surface area contributed by atoms with Crippen LogP contribution < -0.4 is 0 Å². The minimum Gasteiger partial charge on any atom is -0.508 e. The molecule has 0 unspecified atom stereocenters. The van der Waals surface area contributed by atoms with E-state index < -0.39 is 5.97 Å². The lowest BCUT2D eigenvalue weighted by Crippen LogP contribution is -1.98. The summed E-state index contributed by atoms with van der Waals surface area (Å²) in [7, 11) is 0. The molecule has 0 aliphatic heterocycles. The maximum atomic E-state index is 10.7. The van der Waals surface area contributed by atoms with Gasteiger partial charge in [0.1, 0.15) is 5.75 Å². The third-order valence-corrected chi connectivity index (χ3v) is 1.87. The number of phenolic OH excluding ortho intramolecular Hbond substituents is 1. The summed E-state index contributed by atoms with van der Waals surface area (Å²) in [6, 6.07) is 6.50. The van der Waals surface area contributed by atoms with Gasteiger partial charge in [0.2, 0.25) is 0 Å². The van der Waals surface area contributed by atoms with E-state index >= 15 is 0 Å². The van der Waals surface area contributed by atoms with Gasteiger partial charge in [-0.25, -0.2) is 4.79 Å². The van der Waals surface area contributed by atoms with Gasteiger partial charge in [0, 0.05) is 5.57 Å². The Labute approximate surface area is 82.3 Å². The van der Waals surface area contributed by atoms with Crippen LogP contribution in [-0.2, 0) is 4.79 Å². The van der Waals surface area contributed by atoms with Crippen LogP contribution in [0, 0.1) is 0 Å². The number of benzene rings is 1. The Morgan fingerprint density at radius 2 is 2.21 bits per heavy atom. The van der Waals surface area contributed by atoms with E-state index in [2.05, 4.69) is 0 Å². The van der Waals surface area contributed by atoms with Crippen LogP contribution in [0.3, 0.4) is 0 Å². The maximum absolute atomic E-state index is 10.7. The van der Waals surface area contributed by atoms with Crippen LogP contribution in [-0.4, -0.2) is 16.2 Å². The van der Waals surface area contributed by atoms with Crippen molar-refractivity contribution in [3.05, 3.63) is 35.4 Å². The molecule has 1 rings (SSSR count). The molecule has 1 aromatic carbocycles. The topological polar surface area (TPSA) is 57.5 Å². The minimum atomic E-state index is -0.921. The highest BCUT2D eigenvalue weighted by molar-refractivity contribution is 5.92. The summed E-state index contributed by atoms with van der Waals surface area (Å²) in [6.07, 6.45) is 2.02. The zero-order valence-electron chi connectivity index (χ0n) is 7.90. The highest BCUT2D eigenvalue weighted by atomic mass is 16.4. The van der Waals surface area contributed by atoms with Gasteiger partial charge in [0.25, 0.3) is 0 Å². The lowest BCUT2D eigenvalue weighted by atomic mass is 10.1. The van der Waals surface area contributed by atoms with Crippen LogP contribution in [0.15, 0.2) is 29.8 Å². The number of carbonyl (C=O) groups is 1. The van der Waals surface area contributed by atoms with Crippen molar-refractivity contribution in [3.8, 4) is 5.75 Å². The number of aliphatic carboxylic acids is 1. The van der Waals surface area contributed by atoms with Crippen molar-refractivity contribution in [1.29, 1.82) is 0 Å². The quantitative estimate of drug-likeness (QED) is 0.722. The Balaban J connectivity index is 3.00. The maximum Gasteiger partial charge on any atom is 0.331 e. The van der Waals surface area contributed by atoms with Crippen molar-refractivity contribution < 1.29 is 15.0 Å². The number of carboxylic acid groups (broad SMARTS) is 1. The average Bonchev–Trinajstić information content (AvgIpc) is 2.14. The summed E-state index contributed by atoms with van der Waals surface area (Å²) in [5.74, 6) is -0.782. The van der Waals surface area contributed by atoms with Crippen molar-refractivity contribution in [2.24, 2.45) is 0 Å². The molecule has 3 nitrogen and oxygen atoms in total. The van der Waals surface area contributed by atoms with E-state index in [9.17, 15) is 4.79 Å². The van der Waals surface area contributed by atoms with Crippen LogP contribution in [0.25, 0.3) is 6.08 Å². The molecule has 0 amide bonds. The summed E-state index contributed by atoms with van der Waals surface area (Å²) in [6.45, 7) is 1.78. The molecular formula is C11H12O3. The largest absolute Gasteiger partial charge is 0.508 e. The average molecular weight is 192 g/mol. The normalized spacial score (nSPS) is 11.4. The van der Waals surface area contributed by atoms with E-state index in [4.69, 9.17) is 10.2 Å². The lowest BCUT2D eigenvalue weighted by Gasteiger charge is -1.99. The fourth-order valence-electron chi connectivity index (χ4n) is 1.13. The number of carboxylic acids is 1. The van der Waals surface area contributed by atoms with Gasteiger partial charge in [-0.05, 0) is 30.2 Å². The molecule has 0 aliphatic rings. The number of rotatable bonds is 3. The fraction of sp³-hybridized carbons (Fsp3) is 0.182. The van der Waals surface area contributed by atoms with E-state index in [0.717, 1.165) is 0 Å². The second-order valence-electron chi connectivity index (χ2n) is 2.92. The molecule has 0 saturated heterocycles. The molecule has 2 N–H and O–H groups in total. The molecule has 74 valence electrons. The van der Waals surface area contributed by atoms with Gasteiger partial charge in [0.05, 0.1) is 0 Å². The highest BCUT2D eigenvalue weighted by Gasteiger charge is 2.03. The predicted octanol–water partition coefficient (Wildman–Crippen LogP) is 2.27. The second kappa shape index (κ2) is 4.46. The van der Waals surface area contributed by atoms with Crippen LogP contribution in [0.1, 0.15) is 18.9 Å². The van der Waals surface area contributed by atoms with Crippen molar-refractivity contribution in [3.63, 3.8) is 0 Å². The van der Waals surface area contributed by atoms with Crippen LogP contribution >= 0.6 is 0 Å². The Morgan fingerprint density at radius 1 is 1.50 bits per heavy atom. The minimum absolute atomic E-state index is 0.139. The van der Waals surface area contributed by atoms with Gasteiger partial charge >= 0.3 is 5.97 Å². The highest BCUT2D eigenvalue weighted by Crippen LogP contribution is 2.15. The molecule has 0 atom stereocenters. The molecule has 14 heavy (non-hydrogen) atoms. The van der Waals surface area contributed by atoms with Gasteiger partial charge in [0.15, 0.2) is 0 Å². The third-order valence-electron chi connectivity index (χ3n) is 1.87. The number of aromatic hydroxyl groups is 1. The van der Waals surface area contributed by atoms with Gasteiger partial charge in [-0.1, -0.05) is 19.1 Å². The smallest absolute Gasteiger partial charge is 0.331 e. The fourth-order valence-corrected chi connectivity index (χ4v) is 1.13. The molecule has 0 spiro atoms. The summed E-state index contributed by atoms with van der Waals surface area (Å²) >= 11 is 0. The van der Waals surface area contributed by atoms with E-state index in [0.29, 0.717) is 17.6 Å². The first kappa shape index (κ1) is 10.3. The van der Waals surface area contributed by atoms with Gasteiger partial charge in [-0.2, -0.15) is 0 Å². The zero-order chi connectivity index (χ0) is 10.6. The molecule has 0 saturated carbocycles. The first-order valence-corrected chi connectivity index (χ1v) is 4.36. The summed E-state index contributed by atoms with van der Waals surface area (Å²) < 4.78 is 0. The summed E-state index contributed by atoms with van der Waals surface area (Å²) in [5, 5.41) is 17.9. The Kier molecular flexibility index (Phi) is 3.29. The van der Waals surface area contributed by atoms with Crippen molar-refractivity contribution in [1.82, 2.24) is 0 Å². The Hall–Kier alpha value is -1.77. The second-order valence-corrected chi connectivity index (χ2v) is 2.92. The molecule has 0 aromatic heterocycles. The number of phenols is 1. The molecule has 3 heteroatoms. The first-order chi connectivity index (χ1) is 6.63. The van der Waals surface area contributed by atoms with Crippen molar-refractivity contribution in [2.75, 3.05) is 0 Å². The van der Waals surface area contributed by atoms with E-state index in [1.807, 2.05) is 0 Å². The van der Waals surface area contributed by atoms with Crippen LogP contribution in [0.2, 0.25) is 0 Å². The third kappa shape index (κ3) is 2.62. The van der Waals surface area contributed by atoms with Gasteiger partial charge in [-0.3, -0.25) is 0 Å². The molecule has 0 radical (unpaired) electrons. The Morgan fingerprint density at radius 3 is 2.71 bits per heavy atom. The van der Waals surface area contributed by atoms with Crippen molar-refractivity contribution in [2.45, 2.75) is 13.3 Å². The monoisotopic (exact) mass is 192 g/mol. The zero-order valence-corrected chi connectivity index (χ0v) is 7.90. The first-order valence-electron chi connectivity index (χ1n) is 4.36. The molecular weight excluding hydrogens is 180 g/mol. The molecule has 1 aromatic rings. The lowest BCUT2D eigenvalue weighted by molar-refractivity contribution is -0.132. The van der Waals surface area contributed by atoms with Crippen molar-refractivity contribution >= 4 is 12.0 Å². The van der Waals surface area contributed by atoms with Gasteiger partial charge in [-0.15, -0.1) is 0 Å². The standard InChI is InChI=1S/C11H12O3/c1-2-9(11(13)14)6-8-4-3-5-10(12)7-8/h3-7,12H,2H2,1H3,(H,13,14). The Bertz CT molecular complexity index is 367. The van der Waals surface area contributed by atoms with Crippen LogP contribution in [0.5, 0.6) is 5.75 Å². The summed E-state index contributed by atoms with van der Waals surface area (Å²) in [5.41, 5.74) is 1.03. The SMILES string of the molecule is CCC(=Cc1cccc(O)c1)C(=O)O.